The molecule has 6 nitrogen and oxygen atoms in total. The van der Waals surface area contributed by atoms with Gasteiger partial charge in [-0.25, -0.2) is 9.59 Å². The van der Waals surface area contributed by atoms with Crippen LogP contribution < -0.4 is 0 Å². The van der Waals surface area contributed by atoms with Gasteiger partial charge in [-0.15, -0.1) is 0 Å². The molecule has 0 aromatic rings. The lowest BCUT2D eigenvalue weighted by atomic mass is 9.97. The van der Waals surface area contributed by atoms with Crippen molar-refractivity contribution < 1.29 is 19.1 Å². The van der Waals surface area contributed by atoms with Crippen LogP contribution in [-0.4, -0.2) is 61.4 Å². The summed E-state index contributed by atoms with van der Waals surface area (Å²) in [7, 11) is 3.11. The third kappa shape index (κ3) is 5.27. The number of rotatable bonds is 2. The first-order chi connectivity index (χ1) is 9.23. The highest BCUT2D eigenvalue weighted by molar-refractivity contribution is 5.68. The van der Waals surface area contributed by atoms with Gasteiger partial charge in [0.25, 0.3) is 0 Å². The van der Waals surface area contributed by atoms with Crippen LogP contribution in [0.1, 0.15) is 33.6 Å². The molecule has 1 fully saturated rings. The van der Waals surface area contributed by atoms with Crippen LogP contribution in [0.2, 0.25) is 0 Å². The number of ether oxygens (including phenoxy) is 2. The predicted octanol–water partition coefficient (Wildman–Crippen LogP) is 2.33. The topological polar surface area (TPSA) is 59.1 Å². The molecule has 1 aliphatic rings. The molecule has 1 aliphatic heterocycles. The molecule has 0 N–H and O–H groups in total. The Bertz CT molecular complexity index is 344. The van der Waals surface area contributed by atoms with Crippen molar-refractivity contribution in [3.8, 4) is 0 Å². The number of carbonyl (C=O) groups is 2. The van der Waals surface area contributed by atoms with E-state index in [0.717, 1.165) is 12.8 Å². The second-order valence-corrected chi connectivity index (χ2v) is 6.26. The maximum Gasteiger partial charge on any atom is 0.410 e. The van der Waals surface area contributed by atoms with Gasteiger partial charge >= 0.3 is 12.2 Å². The molecule has 0 unspecified atom stereocenters. The Labute approximate surface area is 121 Å². The molecule has 2 amide bonds. The number of methoxy groups -OCH3 is 1. The van der Waals surface area contributed by atoms with Crippen LogP contribution in [0.15, 0.2) is 0 Å². The second-order valence-electron chi connectivity index (χ2n) is 6.26. The summed E-state index contributed by atoms with van der Waals surface area (Å²) in [6.45, 7) is 7.60. The summed E-state index contributed by atoms with van der Waals surface area (Å²) < 4.78 is 10.0. The largest absolute Gasteiger partial charge is 0.453 e. The molecule has 20 heavy (non-hydrogen) atoms. The summed E-state index contributed by atoms with van der Waals surface area (Å²) in [4.78, 5) is 26.6. The van der Waals surface area contributed by atoms with Crippen LogP contribution >= 0.6 is 0 Å². The maximum absolute atomic E-state index is 11.9. The standard InChI is InChI=1S/C14H26N2O4/c1-14(2,3)20-13(18)16-8-6-11(7-9-16)10-15(4)12(17)19-5/h11H,6-10H2,1-5H3. The van der Waals surface area contributed by atoms with Gasteiger partial charge in [0.2, 0.25) is 0 Å². The quantitative estimate of drug-likeness (QED) is 0.781. The average molecular weight is 286 g/mol. The Kier molecular flexibility index (Phi) is 5.65. The lowest BCUT2D eigenvalue weighted by Crippen LogP contribution is -2.44. The molecular formula is C14H26N2O4. The zero-order chi connectivity index (χ0) is 15.3. The lowest BCUT2D eigenvalue weighted by molar-refractivity contribution is 0.0171. The number of hydrogen-bond acceptors (Lipinski definition) is 4. The fraction of sp³-hybridized carbons (Fsp3) is 0.857. The van der Waals surface area contributed by atoms with E-state index in [2.05, 4.69) is 4.74 Å². The van der Waals surface area contributed by atoms with Crippen molar-refractivity contribution in [1.29, 1.82) is 0 Å². The van der Waals surface area contributed by atoms with Crippen LogP contribution in [0.3, 0.4) is 0 Å². The Morgan fingerprint density at radius 3 is 2.25 bits per heavy atom. The van der Waals surface area contributed by atoms with Crippen LogP contribution in [-0.2, 0) is 9.47 Å². The second kappa shape index (κ2) is 6.81. The Balaban J connectivity index is 2.36. The van der Waals surface area contributed by atoms with E-state index in [1.807, 2.05) is 20.8 Å². The van der Waals surface area contributed by atoms with Gasteiger partial charge in [0.15, 0.2) is 0 Å². The normalized spacial score (nSPS) is 16.8. The number of carbonyl (C=O) groups excluding carboxylic acids is 2. The van der Waals surface area contributed by atoms with Crippen LogP contribution in [0.5, 0.6) is 0 Å². The molecule has 0 bridgehead atoms. The number of nitrogens with zero attached hydrogens (tertiary/aromatic N) is 2. The first-order valence-corrected chi connectivity index (χ1v) is 7.00. The average Bonchev–Trinajstić information content (AvgIpc) is 2.36. The highest BCUT2D eigenvalue weighted by Crippen LogP contribution is 2.20. The number of likely N-dealkylation sites (tertiary alicyclic amines) is 1. The van der Waals surface area contributed by atoms with Crippen molar-refractivity contribution >= 4 is 12.2 Å². The summed E-state index contributed by atoms with van der Waals surface area (Å²) in [6, 6.07) is 0. The predicted molar refractivity (Wildman–Crippen MR) is 75.6 cm³/mol. The molecule has 0 atom stereocenters. The Morgan fingerprint density at radius 2 is 1.80 bits per heavy atom. The van der Waals surface area contributed by atoms with Crippen molar-refractivity contribution in [2.75, 3.05) is 33.8 Å². The molecule has 0 radical (unpaired) electrons. The smallest absolute Gasteiger partial charge is 0.410 e. The van der Waals surface area contributed by atoms with Crippen LogP contribution in [0, 0.1) is 5.92 Å². The molecule has 1 heterocycles. The van der Waals surface area contributed by atoms with Gasteiger partial charge in [-0.2, -0.15) is 0 Å². The van der Waals surface area contributed by atoms with Crippen molar-refractivity contribution in [3.05, 3.63) is 0 Å². The van der Waals surface area contributed by atoms with Gasteiger partial charge in [0.1, 0.15) is 5.60 Å². The minimum Gasteiger partial charge on any atom is -0.453 e. The molecule has 116 valence electrons. The summed E-state index contributed by atoms with van der Waals surface area (Å²) in [5.41, 5.74) is -0.459. The highest BCUT2D eigenvalue weighted by atomic mass is 16.6. The third-order valence-corrected chi connectivity index (χ3v) is 3.28. The van der Waals surface area contributed by atoms with Gasteiger partial charge < -0.3 is 19.3 Å². The van der Waals surface area contributed by atoms with Crippen LogP contribution in [0.25, 0.3) is 0 Å². The summed E-state index contributed by atoms with van der Waals surface area (Å²) in [6.07, 6.45) is 1.18. The molecule has 0 spiro atoms. The summed E-state index contributed by atoms with van der Waals surface area (Å²) >= 11 is 0. The highest BCUT2D eigenvalue weighted by Gasteiger charge is 2.27. The van der Waals surface area contributed by atoms with E-state index in [9.17, 15) is 9.59 Å². The summed E-state index contributed by atoms with van der Waals surface area (Å²) in [5, 5.41) is 0. The molecule has 6 heteroatoms. The van der Waals surface area contributed by atoms with E-state index in [-0.39, 0.29) is 12.2 Å². The fourth-order valence-corrected chi connectivity index (χ4v) is 2.24. The van der Waals surface area contributed by atoms with E-state index in [1.54, 1.807) is 16.8 Å². The van der Waals surface area contributed by atoms with E-state index >= 15 is 0 Å². The van der Waals surface area contributed by atoms with Gasteiger partial charge in [0.05, 0.1) is 7.11 Å². The number of piperidine rings is 1. The molecule has 0 saturated carbocycles. The van der Waals surface area contributed by atoms with Gasteiger partial charge in [-0.3, -0.25) is 0 Å². The number of hydrogen-bond donors (Lipinski definition) is 0. The Morgan fingerprint density at radius 1 is 1.25 bits per heavy atom. The first kappa shape index (κ1) is 16.6. The SMILES string of the molecule is COC(=O)N(C)CC1CCN(C(=O)OC(C)(C)C)CC1. The molecular weight excluding hydrogens is 260 g/mol. The first-order valence-electron chi connectivity index (χ1n) is 7.00. The minimum absolute atomic E-state index is 0.253. The van der Waals surface area contributed by atoms with E-state index in [0.29, 0.717) is 25.6 Å². The van der Waals surface area contributed by atoms with Crippen molar-refractivity contribution in [3.63, 3.8) is 0 Å². The zero-order valence-corrected chi connectivity index (χ0v) is 13.1. The lowest BCUT2D eigenvalue weighted by Gasteiger charge is -2.34. The van der Waals surface area contributed by atoms with Gasteiger partial charge in [0, 0.05) is 26.7 Å². The number of amides is 2. The fourth-order valence-electron chi connectivity index (χ4n) is 2.24. The molecule has 0 aliphatic carbocycles. The minimum atomic E-state index is -0.459. The van der Waals surface area contributed by atoms with E-state index in [4.69, 9.17) is 4.74 Å². The van der Waals surface area contributed by atoms with Gasteiger partial charge in [-0.1, -0.05) is 0 Å². The van der Waals surface area contributed by atoms with E-state index < -0.39 is 5.60 Å². The summed E-state index contributed by atoms with van der Waals surface area (Å²) in [5.74, 6) is 0.401. The molecule has 0 aromatic heterocycles. The van der Waals surface area contributed by atoms with Crippen molar-refractivity contribution in [2.24, 2.45) is 5.92 Å². The molecule has 0 aromatic carbocycles. The van der Waals surface area contributed by atoms with Crippen molar-refractivity contribution in [2.45, 2.75) is 39.2 Å². The monoisotopic (exact) mass is 286 g/mol. The van der Waals surface area contributed by atoms with Crippen molar-refractivity contribution in [1.82, 2.24) is 9.80 Å². The van der Waals surface area contributed by atoms with Crippen LogP contribution in [0.4, 0.5) is 9.59 Å². The van der Waals surface area contributed by atoms with E-state index in [1.165, 1.54) is 7.11 Å². The Hall–Kier alpha value is -1.46. The zero-order valence-electron chi connectivity index (χ0n) is 13.1. The molecule has 1 saturated heterocycles. The molecule has 1 rings (SSSR count). The maximum atomic E-state index is 11.9. The third-order valence-electron chi connectivity index (χ3n) is 3.28. The van der Waals surface area contributed by atoms with Gasteiger partial charge in [-0.05, 0) is 39.5 Å².